The number of rotatable bonds is 4. The van der Waals surface area contributed by atoms with Gasteiger partial charge in [0.15, 0.2) is 5.82 Å². The summed E-state index contributed by atoms with van der Waals surface area (Å²) in [4.78, 5) is 16.2. The molecule has 0 fully saturated rings. The molecule has 3 aromatic rings. The molecule has 1 aromatic heterocycles. The molecule has 0 saturated heterocycles. The van der Waals surface area contributed by atoms with Crippen molar-refractivity contribution in [3.63, 3.8) is 0 Å². The van der Waals surface area contributed by atoms with Crippen LogP contribution in [0.4, 0.5) is 5.69 Å². The Morgan fingerprint density at radius 2 is 1.88 bits per heavy atom. The molecule has 0 aliphatic heterocycles. The molecule has 0 aliphatic rings. The third kappa shape index (κ3) is 3.87. The van der Waals surface area contributed by atoms with Gasteiger partial charge in [0.2, 0.25) is 5.91 Å². The SMILES string of the molecule is O=C(Cc1noc(-c2ccc(Cl)cc2Cl)n1)Nc1ccccc1Cl. The number of aromatic nitrogens is 2. The molecular weight excluding hydrogens is 373 g/mol. The number of hydrogen-bond acceptors (Lipinski definition) is 4. The van der Waals surface area contributed by atoms with E-state index in [-0.39, 0.29) is 24.0 Å². The van der Waals surface area contributed by atoms with Gasteiger partial charge in [-0.2, -0.15) is 4.98 Å². The molecule has 1 heterocycles. The van der Waals surface area contributed by atoms with Gasteiger partial charge in [0, 0.05) is 5.02 Å². The van der Waals surface area contributed by atoms with Gasteiger partial charge in [-0.1, -0.05) is 52.1 Å². The normalized spacial score (nSPS) is 10.6. The van der Waals surface area contributed by atoms with Crippen molar-refractivity contribution < 1.29 is 9.32 Å². The molecule has 0 unspecified atom stereocenters. The molecule has 0 bridgehead atoms. The van der Waals surface area contributed by atoms with Gasteiger partial charge in [-0.15, -0.1) is 0 Å². The molecule has 2 aromatic carbocycles. The van der Waals surface area contributed by atoms with Gasteiger partial charge < -0.3 is 9.84 Å². The average Bonchev–Trinajstić information content (AvgIpc) is 2.97. The summed E-state index contributed by atoms with van der Waals surface area (Å²) in [5.74, 6) is 0.149. The van der Waals surface area contributed by atoms with Crippen LogP contribution >= 0.6 is 34.8 Å². The Labute approximate surface area is 152 Å². The van der Waals surface area contributed by atoms with E-state index in [9.17, 15) is 4.79 Å². The maximum absolute atomic E-state index is 12.1. The number of anilines is 1. The lowest BCUT2D eigenvalue weighted by Crippen LogP contribution is -2.15. The highest BCUT2D eigenvalue weighted by molar-refractivity contribution is 6.36. The van der Waals surface area contributed by atoms with Gasteiger partial charge in [0.1, 0.15) is 0 Å². The zero-order valence-electron chi connectivity index (χ0n) is 12.1. The van der Waals surface area contributed by atoms with Crippen LogP contribution in [-0.2, 0) is 11.2 Å². The van der Waals surface area contributed by atoms with Crippen LogP contribution in [0.25, 0.3) is 11.5 Å². The molecule has 0 saturated carbocycles. The molecule has 0 aliphatic carbocycles. The zero-order chi connectivity index (χ0) is 17.1. The summed E-state index contributed by atoms with van der Waals surface area (Å²) >= 11 is 17.9. The molecule has 1 N–H and O–H groups in total. The van der Waals surface area contributed by atoms with E-state index in [1.165, 1.54) is 0 Å². The Morgan fingerprint density at radius 1 is 1.08 bits per heavy atom. The highest BCUT2D eigenvalue weighted by Crippen LogP contribution is 2.29. The summed E-state index contributed by atoms with van der Waals surface area (Å²) in [6.45, 7) is 0. The topological polar surface area (TPSA) is 68.0 Å². The number of nitrogens with zero attached hydrogens (tertiary/aromatic N) is 2. The van der Waals surface area contributed by atoms with Gasteiger partial charge in [-0.05, 0) is 30.3 Å². The quantitative estimate of drug-likeness (QED) is 0.698. The number of para-hydroxylation sites is 1. The molecule has 0 radical (unpaired) electrons. The average molecular weight is 383 g/mol. The lowest BCUT2D eigenvalue weighted by molar-refractivity contribution is -0.115. The van der Waals surface area contributed by atoms with Crippen molar-refractivity contribution in [1.29, 1.82) is 0 Å². The second-order valence-electron chi connectivity index (χ2n) is 4.84. The molecule has 0 atom stereocenters. The molecule has 122 valence electrons. The standard InChI is InChI=1S/C16H10Cl3N3O2/c17-9-5-6-10(12(19)7-9)16-21-14(22-24-16)8-15(23)20-13-4-2-1-3-11(13)18/h1-7H,8H2,(H,20,23). The van der Waals surface area contributed by atoms with Crippen LogP contribution < -0.4 is 5.32 Å². The lowest BCUT2D eigenvalue weighted by Gasteiger charge is -2.04. The van der Waals surface area contributed by atoms with Crippen LogP contribution in [0.5, 0.6) is 0 Å². The van der Waals surface area contributed by atoms with E-state index in [0.717, 1.165) is 0 Å². The fourth-order valence-electron chi connectivity index (χ4n) is 2.00. The monoisotopic (exact) mass is 381 g/mol. The van der Waals surface area contributed by atoms with Crippen molar-refractivity contribution >= 4 is 46.4 Å². The highest BCUT2D eigenvalue weighted by atomic mass is 35.5. The molecule has 5 nitrogen and oxygen atoms in total. The van der Waals surface area contributed by atoms with Crippen LogP contribution in [0.3, 0.4) is 0 Å². The van der Waals surface area contributed by atoms with Crippen LogP contribution in [0.15, 0.2) is 47.0 Å². The summed E-state index contributed by atoms with van der Waals surface area (Å²) < 4.78 is 5.15. The predicted molar refractivity (Wildman–Crippen MR) is 93.5 cm³/mol. The number of nitrogens with one attached hydrogen (secondary N) is 1. The number of amides is 1. The third-order valence-electron chi connectivity index (χ3n) is 3.10. The summed E-state index contributed by atoms with van der Waals surface area (Å²) in [6, 6.07) is 11.9. The summed E-state index contributed by atoms with van der Waals surface area (Å²) in [6.07, 6.45) is -0.0556. The van der Waals surface area contributed by atoms with Crippen LogP contribution in [-0.4, -0.2) is 16.0 Å². The highest BCUT2D eigenvalue weighted by Gasteiger charge is 2.15. The first-order valence-electron chi connectivity index (χ1n) is 6.85. The van der Waals surface area contributed by atoms with Crippen molar-refractivity contribution in [2.45, 2.75) is 6.42 Å². The molecule has 3 rings (SSSR count). The van der Waals surface area contributed by atoms with Crippen molar-refractivity contribution in [1.82, 2.24) is 10.1 Å². The van der Waals surface area contributed by atoms with Crippen molar-refractivity contribution in [2.75, 3.05) is 5.32 Å². The Morgan fingerprint density at radius 3 is 2.62 bits per heavy atom. The minimum absolute atomic E-state index is 0.0556. The second kappa shape index (κ2) is 7.21. The molecule has 24 heavy (non-hydrogen) atoms. The maximum Gasteiger partial charge on any atom is 0.259 e. The van der Waals surface area contributed by atoms with Crippen molar-refractivity contribution in [2.24, 2.45) is 0 Å². The van der Waals surface area contributed by atoms with E-state index < -0.39 is 0 Å². The molecular formula is C16H10Cl3N3O2. The smallest absolute Gasteiger partial charge is 0.259 e. The minimum atomic E-state index is -0.308. The van der Waals surface area contributed by atoms with E-state index in [1.54, 1.807) is 42.5 Å². The summed E-state index contributed by atoms with van der Waals surface area (Å²) in [5, 5.41) is 7.82. The largest absolute Gasteiger partial charge is 0.334 e. The number of benzene rings is 2. The fourth-order valence-corrected chi connectivity index (χ4v) is 2.67. The maximum atomic E-state index is 12.1. The van der Waals surface area contributed by atoms with Crippen LogP contribution in [0, 0.1) is 0 Å². The first-order chi connectivity index (χ1) is 11.5. The second-order valence-corrected chi connectivity index (χ2v) is 6.10. The Kier molecular flexibility index (Phi) is 5.04. The number of halogens is 3. The van der Waals surface area contributed by atoms with Gasteiger partial charge >= 0.3 is 0 Å². The number of hydrogen-bond donors (Lipinski definition) is 1. The Balaban J connectivity index is 1.72. The fraction of sp³-hybridized carbons (Fsp3) is 0.0625. The van der Waals surface area contributed by atoms with E-state index in [4.69, 9.17) is 39.3 Å². The van der Waals surface area contributed by atoms with Crippen molar-refractivity contribution in [3.05, 3.63) is 63.4 Å². The Bertz CT molecular complexity index is 896. The zero-order valence-corrected chi connectivity index (χ0v) is 14.4. The predicted octanol–water partition coefficient (Wildman–Crippen LogP) is 4.88. The first-order valence-corrected chi connectivity index (χ1v) is 7.98. The van der Waals surface area contributed by atoms with Crippen LogP contribution in [0.2, 0.25) is 15.1 Å². The van der Waals surface area contributed by atoms with Gasteiger partial charge in [0.25, 0.3) is 5.89 Å². The van der Waals surface area contributed by atoms with E-state index in [2.05, 4.69) is 15.5 Å². The third-order valence-corrected chi connectivity index (χ3v) is 3.97. The molecule has 8 heteroatoms. The van der Waals surface area contributed by atoms with Gasteiger partial charge in [-0.25, -0.2) is 0 Å². The van der Waals surface area contributed by atoms with Crippen molar-refractivity contribution in [3.8, 4) is 11.5 Å². The van der Waals surface area contributed by atoms with E-state index in [1.807, 2.05) is 0 Å². The summed E-state index contributed by atoms with van der Waals surface area (Å²) in [5.41, 5.74) is 1.07. The van der Waals surface area contributed by atoms with Gasteiger partial charge in [0.05, 0.1) is 27.7 Å². The number of carbonyl (C=O) groups is 1. The number of carbonyl (C=O) groups excluding carboxylic acids is 1. The summed E-state index contributed by atoms with van der Waals surface area (Å²) in [7, 11) is 0. The molecule has 0 spiro atoms. The first kappa shape index (κ1) is 16.8. The van der Waals surface area contributed by atoms with E-state index in [0.29, 0.717) is 26.3 Å². The lowest BCUT2D eigenvalue weighted by atomic mass is 10.2. The molecule has 1 amide bonds. The van der Waals surface area contributed by atoms with E-state index >= 15 is 0 Å². The van der Waals surface area contributed by atoms with Crippen LogP contribution in [0.1, 0.15) is 5.82 Å². The minimum Gasteiger partial charge on any atom is -0.334 e. The Hall–Kier alpha value is -2.08. The van der Waals surface area contributed by atoms with Gasteiger partial charge in [-0.3, -0.25) is 4.79 Å².